The molecule has 2 aromatic carbocycles. The number of nitrogens with zero attached hydrogens (tertiary/aromatic N) is 3. The van der Waals surface area contributed by atoms with Gasteiger partial charge in [-0.25, -0.2) is 0 Å². The van der Waals surface area contributed by atoms with Crippen LogP contribution in [0.15, 0.2) is 78.4 Å². The lowest BCUT2D eigenvalue weighted by Gasteiger charge is -2.16. The summed E-state index contributed by atoms with van der Waals surface area (Å²) in [7, 11) is 1.84. The summed E-state index contributed by atoms with van der Waals surface area (Å²) < 4.78 is 1.91. The zero-order valence-electron chi connectivity index (χ0n) is 16.6. The summed E-state index contributed by atoms with van der Waals surface area (Å²) in [6, 6.07) is 20.5. The Hall–Kier alpha value is -3.18. The van der Waals surface area contributed by atoms with Crippen molar-refractivity contribution in [3.8, 4) is 11.1 Å². The monoisotopic (exact) mass is 401 g/mol. The van der Waals surface area contributed by atoms with Crippen molar-refractivity contribution in [2.75, 3.05) is 7.05 Å². The second kappa shape index (κ2) is 8.45. The average Bonchev–Trinajstić information content (AvgIpc) is 3.38. The summed E-state index contributed by atoms with van der Waals surface area (Å²) in [5.41, 5.74) is 5.50. The van der Waals surface area contributed by atoms with Gasteiger partial charge in [-0.05, 0) is 29.5 Å². The van der Waals surface area contributed by atoms with Crippen LogP contribution in [0.5, 0.6) is 0 Å². The van der Waals surface area contributed by atoms with Gasteiger partial charge in [-0.2, -0.15) is 5.10 Å². The van der Waals surface area contributed by atoms with Crippen LogP contribution in [0.1, 0.15) is 26.4 Å². The summed E-state index contributed by atoms with van der Waals surface area (Å²) in [5, 5.41) is 6.42. The van der Waals surface area contributed by atoms with E-state index in [0.29, 0.717) is 6.54 Å². The summed E-state index contributed by atoms with van der Waals surface area (Å²) in [6.07, 6.45) is 3.84. The summed E-state index contributed by atoms with van der Waals surface area (Å²) in [6.45, 7) is 3.31. The first-order valence-electron chi connectivity index (χ1n) is 9.55. The van der Waals surface area contributed by atoms with Crippen molar-refractivity contribution < 1.29 is 4.79 Å². The molecule has 0 bridgehead atoms. The van der Waals surface area contributed by atoms with Gasteiger partial charge in [0.25, 0.3) is 5.91 Å². The lowest BCUT2D eigenvalue weighted by Crippen LogP contribution is -2.25. The maximum Gasteiger partial charge on any atom is 0.264 e. The molecule has 0 N–H and O–H groups in total. The van der Waals surface area contributed by atoms with Gasteiger partial charge in [0.05, 0.1) is 17.6 Å². The number of hydrogen-bond donors (Lipinski definition) is 0. The molecule has 0 saturated carbocycles. The molecule has 2 aromatic heterocycles. The van der Waals surface area contributed by atoms with Crippen LogP contribution in [0.4, 0.5) is 0 Å². The number of rotatable bonds is 6. The minimum atomic E-state index is 0.0337. The van der Waals surface area contributed by atoms with E-state index >= 15 is 0 Å². The van der Waals surface area contributed by atoms with E-state index in [1.165, 1.54) is 22.5 Å². The van der Waals surface area contributed by atoms with Crippen molar-refractivity contribution in [1.82, 2.24) is 14.7 Å². The van der Waals surface area contributed by atoms with Gasteiger partial charge in [-0.1, -0.05) is 60.2 Å². The first-order chi connectivity index (χ1) is 14.1. The number of aromatic nitrogens is 2. The first kappa shape index (κ1) is 19.2. The van der Waals surface area contributed by atoms with Crippen LogP contribution in [0, 0.1) is 6.92 Å². The smallest absolute Gasteiger partial charge is 0.264 e. The number of benzene rings is 2. The predicted octanol–water partition coefficient (Wildman–Crippen LogP) is 5.24. The fraction of sp³-hybridized carbons (Fsp3) is 0.167. The van der Waals surface area contributed by atoms with Crippen molar-refractivity contribution in [3.63, 3.8) is 0 Å². The molecule has 0 radical (unpaired) electrons. The topological polar surface area (TPSA) is 38.1 Å². The third kappa shape index (κ3) is 4.46. The fourth-order valence-corrected chi connectivity index (χ4v) is 4.21. The Morgan fingerprint density at radius 3 is 2.55 bits per heavy atom. The molecule has 0 fully saturated rings. The van der Waals surface area contributed by atoms with Crippen molar-refractivity contribution >= 4 is 17.2 Å². The van der Waals surface area contributed by atoms with Crippen LogP contribution in [-0.4, -0.2) is 27.6 Å². The minimum Gasteiger partial charge on any atom is -0.337 e. The summed E-state index contributed by atoms with van der Waals surface area (Å²) >= 11 is 1.49. The standard InChI is InChI=1S/C24H23N3OS/c1-18-8-10-21(11-9-18)22-12-13-29-23(22)24(28)26(2)15-20-14-25-27(17-20)16-19-6-4-3-5-7-19/h3-14,17H,15-16H2,1-2H3. The Labute approximate surface area is 175 Å². The number of carbonyl (C=O) groups excluding carboxylic acids is 1. The molecular formula is C24H23N3OS. The van der Waals surface area contributed by atoms with Gasteiger partial charge in [0.2, 0.25) is 0 Å². The van der Waals surface area contributed by atoms with E-state index in [2.05, 4.69) is 48.4 Å². The van der Waals surface area contributed by atoms with Crippen molar-refractivity contribution in [2.24, 2.45) is 0 Å². The highest BCUT2D eigenvalue weighted by Gasteiger charge is 2.19. The lowest BCUT2D eigenvalue weighted by atomic mass is 10.0. The van der Waals surface area contributed by atoms with Crippen LogP contribution >= 0.6 is 11.3 Å². The van der Waals surface area contributed by atoms with E-state index in [1.54, 1.807) is 4.90 Å². The van der Waals surface area contributed by atoms with Crippen LogP contribution in [0.3, 0.4) is 0 Å². The van der Waals surface area contributed by atoms with Gasteiger partial charge in [-0.15, -0.1) is 11.3 Å². The highest BCUT2D eigenvalue weighted by molar-refractivity contribution is 7.12. The molecule has 4 nitrogen and oxygen atoms in total. The molecule has 5 heteroatoms. The minimum absolute atomic E-state index is 0.0337. The van der Waals surface area contributed by atoms with E-state index in [1.807, 2.05) is 53.8 Å². The Morgan fingerprint density at radius 2 is 1.79 bits per heavy atom. The third-order valence-electron chi connectivity index (χ3n) is 4.86. The van der Waals surface area contributed by atoms with Gasteiger partial charge in [0.1, 0.15) is 0 Å². The van der Waals surface area contributed by atoms with Crippen molar-refractivity contribution in [3.05, 3.63) is 100 Å². The molecule has 0 spiro atoms. The molecule has 146 valence electrons. The van der Waals surface area contributed by atoms with Crippen LogP contribution in [0.2, 0.25) is 0 Å². The maximum atomic E-state index is 13.1. The van der Waals surface area contributed by atoms with Crippen LogP contribution in [0.25, 0.3) is 11.1 Å². The molecule has 0 aliphatic rings. The molecule has 0 aliphatic heterocycles. The Bertz CT molecular complexity index is 1100. The molecule has 2 heterocycles. The fourth-order valence-electron chi connectivity index (χ4n) is 3.30. The number of thiophene rings is 1. The van der Waals surface area contributed by atoms with Crippen molar-refractivity contribution in [2.45, 2.75) is 20.0 Å². The van der Waals surface area contributed by atoms with E-state index in [4.69, 9.17) is 0 Å². The van der Waals surface area contributed by atoms with E-state index < -0.39 is 0 Å². The molecule has 29 heavy (non-hydrogen) atoms. The maximum absolute atomic E-state index is 13.1. The van der Waals surface area contributed by atoms with E-state index in [0.717, 1.165) is 28.1 Å². The van der Waals surface area contributed by atoms with Gasteiger partial charge in [-0.3, -0.25) is 9.48 Å². The number of amides is 1. The van der Waals surface area contributed by atoms with Crippen LogP contribution < -0.4 is 0 Å². The SMILES string of the molecule is Cc1ccc(-c2ccsc2C(=O)N(C)Cc2cnn(Cc3ccccc3)c2)cc1. The first-order valence-corrected chi connectivity index (χ1v) is 10.4. The second-order valence-electron chi connectivity index (χ2n) is 7.22. The third-order valence-corrected chi connectivity index (χ3v) is 5.76. The van der Waals surface area contributed by atoms with Gasteiger partial charge in [0, 0.05) is 30.9 Å². The molecule has 0 aliphatic carbocycles. The molecule has 0 saturated heterocycles. The van der Waals surface area contributed by atoms with Gasteiger partial charge >= 0.3 is 0 Å². The van der Waals surface area contributed by atoms with Crippen molar-refractivity contribution in [1.29, 1.82) is 0 Å². The molecule has 1 amide bonds. The second-order valence-corrected chi connectivity index (χ2v) is 8.14. The Balaban J connectivity index is 1.46. The number of aryl methyl sites for hydroxylation is 1. The molecule has 4 aromatic rings. The quantitative estimate of drug-likeness (QED) is 0.443. The highest BCUT2D eigenvalue weighted by Crippen LogP contribution is 2.29. The molecule has 0 atom stereocenters. The zero-order valence-corrected chi connectivity index (χ0v) is 17.4. The number of carbonyl (C=O) groups is 1. The molecular weight excluding hydrogens is 378 g/mol. The zero-order chi connectivity index (χ0) is 20.2. The van der Waals surface area contributed by atoms with Gasteiger partial charge < -0.3 is 4.90 Å². The summed E-state index contributed by atoms with van der Waals surface area (Å²) in [5.74, 6) is 0.0337. The Kier molecular flexibility index (Phi) is 5.58. The lowest BCUT2D eigenvalue weighted by molar-refractivity contribution is 0.0790. The number of hydrogen-bond acceptors (Lipinski definition) is 3. The van der Waals surface area contributed by atoms with E-state index in [9.17, 15) is 4.79 Å². The predicted molar refractivity (Wildman–Crippen MR) is 118 cm³/mol. The summed E-state index contributed by atoms with van der Waals surface area (Å²) in [4.78, 5) is 15.6. The largest absolute Gasteiger partial charge is 0.337 e. The van der Waals surface area contributed by atoms with Gasteiger partial charge in [0.15, 0.2) is 0 Å². The average molecular weight is 402 g/mol. The molecule has 4 rings (SSSR count). The molecule has 0 unspecified atom stereocenters. The van der Waals surface area contributed by atoms with E-state index in [-0.39, 0.29) is 5.91 Å². The Morgan fingerprint density at radius 1 is 1.03 bits per heavy atom. The normalized spacial score (nSPS) is 10.8. The van der Waals surface area contributed by atoms with Crippen LogP contribution in [-0.2, 0) is 13.1 Å². The highest BCUT2D eigenvalue weighted by atomic mass is 32.1.